The van der Waals surface area contributed by atoms with E-state index in [0.717, 1.165) is 12.1 Å². The van der Waals surface area contributed by atoms with Crippen molar-refractivity contribution in [2.45, 2.75) is 25.6 Å². The lowest BCUT2D eigenvalue weighted by molar-refractivity contribution is 0.162. The fraction of sp³-hybridized carbons (Fsp3) is 0.600. The van der Waals surface area contributed by atoms with Crippen molar-refractivity contribution in [2.75, 3.05) is 13.2 Å². The molecule has 0 bridgehead atoms. The maximum absolute atomic E-state index is 5.41. The van der Waals surface area contributed by atoms with Crippen molar-refractivity contribution in [1.29, 1.82) is 0 Å². The van der Waals surface area contributed by atoms with Crippen molar-refractivity contribution >= 4 is 8.80 Å². The maximum atomic E-state index is 5.41. The average Bonchev–Trinajstić information content (AvgIpc) is 2.03. The van der Waals surface area contributed by atoms with Crippen LogP contribution in [0.5, 0.6) is 0 Å². The van der Waals surface area contributed by atoms with Gasteiger partial charge in [-0.2, -0.15) is 0 Å². The van der Waals surface area contributed by atoms with Crippen molar-refractivity contribution in [3.63, 3.8) is 0 Å². The van der Waals surface area contributed by atoms with Gasteiger partial charge < -0.3 is 4.74 Å². The predicted molar refractivity (Wildman–Crippen MR) is 57.1 cm³/mol. The van der Waals surface area contributed by atoms with Crippen LogP contribution in [0.4, 0.5) is 0 Å². The number of hydrogen-bond acceptors (Lipinski definition) is 1. The molecule has 1 atom stereocenters. The third-order valence-electron chi connectivity index (χ3n) is 1.95. The van der Waals surface area contributed by atoms with E-state index in [4.69, 9.17) is 11.2 Å². The van der Waals surface area contributed by atoms with Crippen LogP contribution in [0.2, 0.25) is 18.6 Å². The van der Waals surface area contributed by atoms with E-state index in [-0.39, 0.29) is 0 Å². The molecule has 0 aromatic heterocycles. The zero-order valence-corrected chi connectivity index (χ0v) is 9.36. The second-order valence-corrected chi connectivity index (χ2v) is 6.95. The molecule has 0 rings (SSSR count). The lowest BCUT2D eigenvalue weighted by Crippen LogP contribution is -2.14. The molecule has 0 heterocycles. The van der Waals surface area contributed by atoms with Gasteiger partial charge in [0, 0.05) is 15.4 Å². The molecule has 0 aliphatic rings. The molecule has 1 unspecified atom stereocenters. The Kier molecular flexibility index (Phi) is 6.83. The third-order valence-corrected chi connectivity index (χ3v) is 4.42. The zero-order chi connectivity index (χ0) is 9.40. The molecule has 0 saturated heterocycles. The molecule has 0 saturated carbocycles. The van der Waals surface area contributed by atoms with Gasteiger partial charge in [-0.1, -0.05) is 32.0 Å². The Balaban J connectivity index is 3.32. The lowest BCUT2D eigenvalue weighted by atomic mass is 10.5. The lowest BCUT2D eigenvalue weighted by Gasteiger charge is -2.13. The van der Waals surface area contributed by atoms with Crippen LogP contribution in [0.3, 0.4) is 0 Å². The second kappa shape index (κ2) is 7.14. The van der Waals surface area contributed by atoms with Crippen molar-refractivity contribution in [2.24, 2.45) is 0 Å². The van der Waals surface area contributed by atoms with Crippen molar-refractivity contribution in [1.82, 2.24) is 0 Å². The van der Waals surface area contributed by atoms with Gasteiger partial charge in [0.15, 0.2) is 0 Å². The van der Waals surface area contributed by atoms with Crippen LogP contribution in [0, 0.1) is 12.3 Å². The Morgan fingerprint density at radius 1 is 1.58 bits per heavy atom. The molecule has 68 valence electrons. The Hall–Kier alpha value is -0.523. The van der Waals surface area contributed by atoms with Gasteiger partial charge in [0.05, 0.1) is 6.61 Å². The number of allylic oxidation sites excluding steroid dienone is 1. The SMILES string of the molecule is C#CC=CCOCC(C)[SiH](C)C. The van der Waals surface area contributed by atoms with Gasteiger partial charge >= 0.3 is 0 Å². The molecule has 1 nitrogen and oxygen atoms in total. The van der Waals surface area contributed by atoms with Crippen LogP contribution in [0.15, 0.2) is 12.2 Å². The van der Waals surface area contributed by atoms with Gasteiger partial charge in [-0.15, -0.1) is 6.42 Å². The molecule has 2 heteroatoms. The minimum Gasteiger partial charge on any atom is -0.377 e. The summed E-state index contributed by atoms with van der Waals surface area (Å²) in [6, 6.07) is 0. The molecule has 0 aromatic carbocycles. The fourth-order valence-corrected chi connectivity index (χ4v) is 1.15. The number of ether oxygens (including phenoxy) is 1. The zero-order valence-electron chi connectivity index (χ0n) is 8.21. The first-order valence-electron chi connectivity index (χ1n) is 4.37. The summed E-state index contributed by atoms with van der Waals surface area (Å²) < 4.78 is 5.41. The first kappa shape index (κ1) is 11.5. The van der Waals surface area contributed by atoms with Crippen LogP contribution in [0.25, 0.3) is 0 Å². The summed E-state index contributed by atoms with van der Waals surface area (Å²) in [5, 5.41) is 0. The van der Waals surface area contributed by atoms with Crippen LogP contribution < -0.4 is 0 Å². The van der Waals surface area contributed by atoms with E-state index in [1.54, 1.807) is 6.08 Å². The molecule has 0 aliphatic carbocycles. The van der Waals surface area contributed by atoms with E-state index >= 15 is 0 Å². The quantitative estimate of drug-likeness (QED) is 0.359. The van der Waals surface area contributed by atoms with E-state index in [9.17, 15) is 0 Å². The van der Waals surface area contributed by atoms with Crippen molar-refractivity contribution in [3.8, 4) is 12.3 Å². The molecule has 0 spiro atoms. The Bertz CT molecular complexity index is 167. The van der Waals surface area contributed by atoms with E-state index in [1.807, 2.05) is 6.08 Å². The highest BCUT2D eigenvalue weighted by atomic mass is 28.3. The molecular formula is C10H18OSi. The summed E-state index contributed by atoms with van der Waals surface area (Å²) in [5.74, 6) is 2.43. The molecular weight excluding hydrogens is 164 g/mol. The topological polar surface area (TPSA) is 9.23 Å². The minimum absolute atomic E-state index is 0.513. The van der Waals surface area contributed by atoms with Gasteiger partial charge in [-0.3, -0.25) is 0 Å². The summed E-state index contributed by atoms with van der Waals surface area (Å²) in [6.45, 7) is 8.45. The van der Waals surface area contributed by atoms with Crippen molar-refractivity contribution in [3.05, 3.63) is 12.2 Å². The van der Waals surface area contributed by atoms with Gasteiger partial charge in [0.2, 0.25) is 0 Å². The highest BCUT2D eigenvalue weighted by Gasteiger charge is 2.06. The number of hydrogen-bond donors (Lipinski definition) is 0. The highest BCUT2D eigenvalue weighted by Crippen LogP contribution is 2.08. The van der Waals surface area contributed by atoms with E-state index < -0.39 is 8.80 Å². The molecule has 0 aliphatic heterocycles. The first-order valence-corrected chi connectivity index (χ1v) is 7.35. The van der Waals surface area contributed by atoms with E-state index in [1.165, 1.54) is 0 Å². The molecule has 0 fully saturated rings. The standard InChI is InChI=1S/C10H18OSi/c1-5-6-7-8-11-9-10(2)12(3)4/h1,6-7,10,12H,8-9H2,2-4H3. The highest BCUT2D eigenvalue weighted by molar-refractivity contribution is 6.57. The predicted octanol–water partition coefficient (Wildman–Crippen LogP) is 2.07. The average molecular weight is 182 g/mol. The van der Waals surface area contributed by atoms with Gasteiger partial charge in [0.1, 0.15) is 0 Å². The smallest absolute Gasteiger partial charge is 0.0656 e. The summed E-state index contributed by atoms with van der Waals surface area (Å²) in [5.41, 5.74) is 0.754. The number of rotatable bonds is 5. The van der Waals surface area contributed by atoms with Gasteiger partial charge in [-0.25, -0.2) is 0 Å². The monoisotopic (exact) mass is 182 g/mol. The number of terminal acetylenes is 1. The van der Waals surface area contributed by atoms with Crippen LogP contribution >= 0.6 is 0 Å². The summed E-state index contributed by atoms with van der Waals surface area (Å²) in [4.78, 5) is 0. The molecule has 0 aromatic rings. The minimum atomic E-state index is -0.513. The Morgan fingerprint density at radius 3 is 2.75 bits per heavy atom. The van der Waals surface area contributed by atoms with E-state index in [0.29, 0.717) is 6.61 Å². The first-order chi connectivity index (χ1) is 5.68. The Morgan fingerprint density at radius 2 is 2.25 bits per heavy atom. The van der Waals surface area contributed by atoms with E-state index in [2.05, 4.69) is 25.9 Å². The molecule has 0 N–H and O–H groups in total. The molecule has 0 radical (unpaired) electrons. The van der Waals surface area contributed by atoms with Crippen molar-refractivity contribution < 1.29 is 4.74 Å². The third kappa shape index (κ3) is 6.20. The van der Waals surface area contributed by atoms with Gasteiger partial charge in [0.25, 0.3) is 0 Å². The molecule has 0 amide bonds. The van der Waals surface area contributed by atoms with Crippen LogP contribution in [-0.4, -0.2) is 22.0 Å². The summed E-state index contributed by atoms with van der Waals surface area (Å²) in [7, 11) is -0.513. The van der Waals surface area contributed by atoms with Gasteiger partial charge in [-0.05, 0) is 11.6 Å². The van der Waals surface area contributed by atoms with Crippen LogP contribution in [0.1, 0.15) is 6.92 Å². The van der Waals surface area contributed by atoms with Crippen LogP contribution in [-0.2, 0) is 4.74 Å². The summed E-state index contributed by atoms with van der Waals surface area (Å²) in [6.07, 6.45) is 8.58. The molecule has 12 heavy (non-hydrogen) atoms. The largest absolute Gasteiger partial charge is 0.377 e. The Labute approximate surface area is 77.4 Å². The maximum Gasteiger partial charge on any atom is 0.0656 e. The second-order valence-electron chi connectivity index (χ2n) is 3.33. The normalized spacial score (nSPS) is 13.6. The fourth-order valence-electron chi connectivity index (χ4n) is 0.631. The summed E-state index contributed by atoms with van der Waals surface area (Å²) >= 11 is 0.